The van der Waals surface area contributed by atoms with Gasteiger partial charge in [0, 0.05) is 56.0 Å². The van der Waals surface area contributed by atoms with Crippen LogP contribution < -0.4 is 15.4 Å². The van der Waals surface area contributed by atoms with Crippen molar-refractivity contribution in [3.8, 4) is 0 Å². The summed E-state index contributed by atoms with van der Waals surface area (Å²) in [6.07, 6.45) is 5.32. The Balaban J connectivity index is 1.55. The Morgan fingerprint density at radius 2 is 1.58 bits per heavy atom. The van der Waals surface area contributed by atoms with Gasteiger partial charge in [0.2, 0.25) is 0 Å². The Hall–Kier alpha value is -2.89. The van der Waals surface area contributed by atoms with Crippen molar-refractivity contribution in [2.24, 2.45) is 0 Å². The molecule has 1 aliphatic rings. The minimum atomic E-state index is 0.0269. The van der Waals surface area contributed by atoms with Crippen molar-refractivity contribution in [1.82, 2.24) is 14.5 Å². The molecule has 0 saturated carbocycles. The average molecular weight is 349 g/mol. The molecule has 0 amide bonds. The van der Waals surface area contributed by atoms with Crippen LogP contribution in [-0.4, -0.2) is 40.7 Å². The highest BCUT2D eigenvalue weighted by Gasteiger charge is 2.18. The summed E-state index contributed by atoms with van der Waals surface area (Å²) in [5.41, 5.74) is 3.13. The van der Waals surface area contributed by atoms with Gasteiger partial charge in [-0.2, -0.15) is 0 Å². The van der Waals surface area contributed by atoms with E-state index < -0.39 is 0 Å². The number of hydrogen-bond donors (Lipinski definition) is 0. The molecule has 2 aromatic heterocycles. The molecule has 1 aliphatic heterocycles. The van der Waals surface area contributed by atoms with Gasteiger partial charge in [0.15, 0.2) is 0 Å². The minimum Gasteiger partial charge on any atom is -0.368 e. The maximum Gasteiger partial charge on any atom is 0.261 e. The zero-order chi connectivity index (χ0) is 18.1. The second kappa shape index (κ2) is 6.78. The summed E-state index contributed by atoms with van der Waals surface area (Å²) < 4.78 is 1.68. The van der Waals surface area contributed by atoms with Gasteiger partial charge < -0.3 is 9.80 Å². The van der Waals surface area contributed by atoms with Crippen LogP contribution in [0.4, 0.5) is 11.4 Å². The lowest BCUT2D eigenvalue weighted by atomic mass is 10.2. The van der Waals surface area contributed by atoms with E-state index >= 15 is 0 Å². The van der Waals surface area contributed by atoms with Crippen LogP contribution in [0.15, 0.2) is 53.8 Å². The van der Waals surface area contributed by atoms with Crippen molar-refractivity contribution in [2.45, 2.75) is 19.9 Å². The molecular weight excluding hydrogens is 326 g/mol. The molecule has 1 fully saturated rings. The van der Waals surface area contributed by atoms with Crippen LogP contribution in [0.25, 0.3) is 10.9 Å². The molecule has 26 heavy (non-hydrogen) atoms. The molecule has 0 radical (unpaired) electrons. The molecule has 1 aromatic carbocycles. The number of benzene rings is 1. The first-order chi connectivity index (χ1) is 12.6. The second-order valence-corrected chi connectivity index (χ2v) is 6.93. The van der Waals surface area contributed by atoms with Crippen molar-refractivity contribution in [3.63, 3.8) is 0 Å². The van der Waals surface area contributed by atoms with Crippen molar-refractivity contribution in [3.05, 3.63) is 59.4 Å². The van der Waals surface area contributed by atoms with Gasteiger partial charge in [-0.3, -0.25) is 14.3 Å². The lowest BCUT2D eigenvalue weighted by molar-refractivity contribution is 0.573. The molecule has 0 spiro atoms. The minimum absolute atomic E-state index is 0.0269. The first-order valence-electron chi connectivity index (χ1n) is 9.04. The Morgan fingerprint density at radius 3 is 2.23 bits per heavy atom. The van der Waals surface area contributed by atoms with E-state index in [1.54, 1.807) is 10.9 Å². The summed E-state index contributed by atoms with van der Waals surface area (Å²) in [6.45, 7) is 7.79. The summed E-state index contributed by atoms with van der Waals surface area (Å²) in [5, 5.41) is 0.681. The van der Waals surface area contributed by atoms with E-state index in [9.17, 15) is 4.79 Å². The van der Waals surface area contributed by atoms with Gasteiger partial charge >= 0.3 is 0 Å². The van der Waals surface area contributed by atoms with Crippen LogP contribution in [0.2, 0.25) is 0 Å². The number of fused-ring (bicyclic) bond motifs is 1. The number of pyridine rings is 1. The van der Waals surface area contributed by atoms with Gasteiger partial charge in [-0.15, -0.1) is 0 Å². The SMILES string of the molecule is CC(C)n1cnc2cc(N3CCN(c4ccncc4)CC3)ccc2c1=O. The molecule has 134 valence electrons. The Bertz CT molecular complexity index is 959. The molecule has 0 bridgehead atoms. The summed E-state index contributed by atoms with van der Waals surface area (Å²) in [6, 6.07) is 10.2. The Morgan fingerprint density at radius 1 is 0.923 bits per heavy atom. The number of hydrogen-bond acceptors (Lipinski definition) is 5. The van der Waals surface area contributed by atoms with Gasteiger partial charge in [0.1, 0.15) is 0 Å². The zero-order valence-electron chi connectivity index (χ0n) is 15.2. The topological polar surface area (TPSA) is 54.3 Å². The Labute approximate surface area is 152 Å². The normalized spacial score (nSPS) is 15.0. The number of aromatic nitrogens is 3. The summed E-state index contributed by atoms with van der Waals surface area (Å²) in [7, 11) is 0. The third-order valence-electron chi connectivity index (χ3n) is 5.00. The van der Waals surface area contributed by atoms with Crippen molar-refractivity contribution < 1.29 is 0 Å². The highest BCUT2D eigenvalue weighted by molar-refractivity contribution is 5.81. The van der Waals surface area contributed by atoms with Crippen molar-refractivity contribution >= 4 is 22.3 Å². The number of nitrogens with zero attached hydrogens (tertiary/aromatic N) is 5. The smallest absolute Gasteiger partial charge is 0.261 e. The van der Waals surface area contributed by atoms with E-state index in [1.807, 2.05) is 44.4 Å². The third-order valence-corrected chi connectivity index (χ3v) is 5.00. The van der Waals surface area contributed by atoms with Gasteiger partial charge in [-0.05, 0) is 44.2 Å². The predicted octanol–water partition coefficient (Wildman–Crippen LogP) is 2.70. The van der Waals surface area contributed by atoms with Crippen LogP contribution in [-0.2, 0) is 0 Å². The van der Waals surface area contributed by atoms with Crippen LogP contribution >= 0.6 is 0 Å². The van der Waals surface area contributed by atoms with E-state index in [1.165, 1.54) is 5.69 Å². The molecule has 0 unspecified atom stereocenters. The van der Waals surface area contributed by atoms with Gasteiger partial charge in [-0.1, -0.05) is 0 Å². The number of piperazine rings is 1. The monoisotopic (exact) mass is 349 g/mol. The maximum atomic E-state index is 12.6. The molecule has 0 atom stereocenters. The number of rotatable bonds is 3. The molecule has 3 heterocycles. The highest BCUT2D eigenvalue weighted by Crippen LogP contribution is 2.22. The van der Waals surface area contributed by atoms with Crippen molar-refractivity contribution in [2.75, 3.05) is 36.0 Å². The quantitative estimate of drug-likeness (QED) is 0.728. The molecular formula is C20H23N5O. The molecule has 0 N–H and O–H groups in total. The van der Waals surface area contributed by atoms with E-state index in [-0.39, 0.29) is 11.6 Å². The van der Waals surface area contributed by atoms with Crippen molar-refractivity contribution in [1.29, 1.82) is 0 Å². The van der Waals surface area contributed by atoms with Gasteiger partial charge in [0.05, 0.1) is 17.2 Å². The lowest BCUT2D eigenvalue weighted by Crippen LogP contribution is -2.46. The molecule has 1 saturated heterocycles. The molecule has 6 heteroatoms. The highest BCUT2D eigenvalue weighted by atomic mass is 16.1. The summed E-state index contributed by atoms with van der Waals surface area (Å²) in [4.78, 5) is 25.9. The van der Waals surface area contributed by atoms with Gasteiger partial charge in [0.25, 0.3) is 5.56 Å². The van der Waals surface area contributed by atoms with E-state index in [0.29, 0.717) is 5.39 Å². The average Bonchev–Trinajstić information content (AvgIpc) is 2.68. The fraction of sp³-hybridized carbons (Fsp3) is 0.350. The summed E-state index contributed by atoms with van der Waals surface area (Å²) >= 11 is 0. The van der Waals surface area contributed by atoms with Crippen LogP contribution in [0.3, 0.4) is 0 Å². The molecule has 6 nitrogen and oxygen atoms in total. The Kier molecular flexibility index (Phi) is 4.32. The predicted molar refractivity (Wildman–Crippen MR) is 105 cm³/mol. The van der Waals surface area contributed by atoms with Crippen LogP contribution in [0.5, 0.6) is 0 Å². The zero-order valence-corrected chi connectivity index (χ0v) is 15.2. The largest absolute Gasteiger partial charge is 0.368 e. The first-order valence-corrected chi connectivity index (χ1v) is 9.04. The fourth-order valence-corrected chi connectivity index (χ4v) is 3.47. The summed E-state index contributed by atoms with van der Waals surface area (Å²) in [5.74, 6) is 0. The van der Waals surface area contributed by atoms with E-state index in [2.05, 4.69) is 31.9 Å². The van der Waals surface area contributed by atoms with E-state index in [0.717, 1.165) is 37.4 Å². The third kappa shape index (κ3) is 3.03. The lowest BCUT2D eigenvalue weighted by Gasteiger charge is -2.37. The standard InChI is InChI=1S/C20H23N5O/c1-15(2)25-14-22-19-13-17(3-4-18(19)20(25)26)24-11-9-23(10-12-24)16-5-7-21-8-6-16/h3-8,13-15H,9-12H2,1-2H3. The number of anilines is 2. The van der Waals surface area contributed by atoms with E-state index in [4.69, 9.17) is 0 Å². The maximum absolute atomic E-state index is 12.6. The second-order valence-electron chi connectivity index (χ2n) is 6.93. The van der Waals surface area contributed by atoms with Crippen LogP contribution in [0, 0.1) is 0 Å². The van der Waals surface area contributed by atoms with Crippen LogP contribution in [0.1, 0.15) is 19.9 Å². The molecule has 0 aliphatic carbocycles. The first kappa shape index (κ1) is 16.6. The van der Waals surface area contributed by atoms with Gasteiger partial charge in [-0.25, -0.2) is 4.98 Å². The molecule has 3 aromatic rings. The fourth-order valence-electron chi connectivity index (χ4n) is 3.47. The molecule has 4 rings (SSSR count).